The Morgan fingerprint density at radius 3 is 1.97 bits per heavy atom. The Morgan fingerprint density at radius 1 is 0.931 bits per heavy atom. The van der Waals surface area contributed by atoms with Crippen LogP contribution in [0.25, 0.3) is 0 Å². The first-order valence-corrected chi connectivity index (χ1v) is 12.6. The van der Waals surface area contributed by atoms with Crippen molar-refractivity contribution in [2.75, 3.05) is 24.7 Å². The van der Waals surface area contributed by atoms with Gasteiger partial charge in [0.2, 0.25) is 10.0 Å². The van der Waals surface area contributed by atoms with E-state index in [4.69, 9.17) is 0 Å². The summed E-state index contributed by atoms with van der Waals surface area (Å²) in [6.07, 6.45) is 5.54. The smallest absolute Gasteiger partial charge is 0.255 e. The molecule has 0 atom stereocenters. The second-order valence-electron chi connectivity index (χ2n) is 6.82. The minimum Gasteiger partial charge on any atom is -0.322 e. The van der Waals surface area contributed by atoms with Crippen molar-refractivity contribution >= 4 is 33.4 Å². The Morgan fingerprint density at radius 2 is 1.48 bits per heavy atom. The molecule has 2 aromatic carbocycles. The molecular weight excluding hydrogens is 404 g/mol. The number of carbonyl (C=O) groups is 1. The summed E-state index contributed by atoms with van der Waals surface area (Å²) in [7, 11) is -3.56. The molecule has 2 aromatic rings. The first-order chi connectivity index (χ1) is 13.9. The number of hydrogen-bond acceptors (Lipinski definition) is 4. The van der Waals surface area contributed by atoms with E-state index in [1.807, 2.05) is 44.4 Å². The Bertz CT molecular complexity index is 871. The quantitative estimate of drug-likeness (QED) is 0.490. The maximum atomic E-state index is 13.0. The van der Waals surface area contributed by atoms with Crippen LogP contribution in [0, 0.1) is 0 Å². The third-order valence-corrected chi connectivity index (χ3v) is 7.28. The molecule has 158 valence electrons. The van der Waals surface area contributed by atoms with Gasteiger partial charge in [0.05, 0.1) is 4.90 Å². The van der Waals surface area contributed by atoms with Crippen LogP contribution in [0.3, 0.4) is 0 Å². The molecule has 0 aliphatic carbocycles. The van der Waals surface area contributed by atoms with Gasteiger partial charge < -0.3 is 5.32 Å². The number of hydrogen-bond donors (Lipinski definition) is 1. The number of carbonyl (C=O) groups excluding carboxylic acids is 1. The van der Waals surface area contributed by atoms with Gasteiger partial charge in [-0.3, -0.25) is 4.79 Å². The second-order valence-corrected chi connectivity index (χ2v) is 9.64. The molecule has 0 bridgehead atoms. The third kappa shape index (κ3) is 6.59. The van der Waals surface area contributed by atoms with Crippen LogP contribution in [0.15, 0.2) is 58.3 Å². The van der Waals surface area contributed by atoms with Gasteiger partial charge in [-0.05, 0) is 67.6 Å². The summed E-state index contributed by atoms with van der Waals surface area (Å²) in [5, 5.41) is 2.84. The predicted octanol–water partition coefficient (Wildman–Crippen LogP) is 5.25. The standard InChI is InChI=1S/C22H30N2O3S2/c1-4-6-16-24(17-7-5-2)29(26,27)21-14-8-18(9-15-21)22(25)23-19-10-12-20(28-3)13-11-19/h8-15H,4-7,16-17H2,1-3H3,(H,23,25). The zero-order valence-electron chi connectivity index (χ0n) is 17.3. The van der Waals surface area contributed by atoms with Crippen molar-refractivity contribution in [2.45, 2.75) is 49.3 Å². The fourth-order valence-corrected chi connectivity index (χ4v) is 4.75. The van der Waals surface area contributed by atoms with Gasteiger partial charge in [-0.25, -0.2) is 8.42 Å². The number of unbranched alkanes of at least 4 members (excludes halogenated alkanes) is 2. The molecule has 0 unspecified atom stereocenters. The van der Waals surface area contributed by atoms with E-state index in [0.717, 1.165) is 30.6 Å². The molecule has 1 N–H and O–H groups in total. The average Bonchev–Trinajstić information content (AvgIpc) is 2.74. The number of rotatable bonds is 11. The van der Waals surface area contributed by atoms with Gasteiger partial charge in [0, 0.05) is 29.2 Å². The van der Waals surface area contributed by atoms with Gasteiger partial charge in [0.1, 0.15) is 0 Å². The van der Waals surface area contributed by atoms with Crippen LogP contribution < -0.4 is 5.32 Å². The summed E-state index contributed by atoms with van der Waals surface area (Å²) in [4.78, 5) is 13.8. The van der Waals surface area contributed by atoms with E-state index < -0.39 is 10.0 Å². The van der Waals surface area contributed by atoms with Crippen molar-refractivity contribution in [1.82, 2.24) is 4.31 Å². The lowest BCUT2D eigenvalue weighted by Crippen LogP contribution is -2.33. The van der Waals surface area contributed by atoms with Crippen molar-refractivity contribution in [2.24, 2.45) is 0 Å². The van der Waals surface area contributed by atoms with Gasteiger partial charge in [0.25, 0.3) is 5.91 Å². The van der Waals surface area contributed by atoms with Crippen molar-refractivity contribution in [3.63, 3.8) is 0 Å². The molecule has 0 aliphatic heterocycles. The Hall–Kier alpha value is -1.83. The van der Waals surface area contributed by atoms with Crippen LogP contribution in [0.1, 0.15) is 49.9 Å². The van der Waals surface area contributed by atoms with Gasteiger partial charge in [-0.2, -0.15) is 4.31 Å². The molecular formula is C22H30N2O3S2. The molecule has 5 nitrogen and oxygen atoms in total. The van der Waals surface area contributed by atoms with E-state index in [9.17, 15) is 13.2 Å². The van der Waals surface area contributed by atoms with Crippen molar-refractivity contribution in [3.8, 4) is 0 Å². The number of sulfonamides is 1. The summed E-state index contributed by atoms with van der Waals surface area (Å²) >= 11 is 1.63. The zero-order valence-corrected chi connectivity index (χ0v) is 19.0. The first kappa shape index (κ1) is 23.4. The third-order valence-electron chi connectivity index (χ3n) is 4.62. The Balaban J connectivity index is 2.12. The van der Waals surface area contributed by atoms with Crippen LogP contribution in [0.4, 0.5) is 5.69 Å². The largest absolute Gasteiger partial charge is 0.322 e. The van der Waals surface area contributed by atoms with Crippen LogP contribution in [0.2, 0.25) is 0 Å². The van der Waals surface area contributed by atoms with Gasteiger partial charge >= 0.3 is 0 Å². The number of benzene rings is 2. The van der Waals surface area contributed by atoms with E-state index in [2.05, 4.69) is 5.32 Å². The first-order valence-electron chi connectivity index (χ1n) is 9.98. The van der Waals surface area contributed by atoms with Crippen LogP contribution in [-0.2, 0) is 10.0 Å². The topological polar surface area (TPSA) is 66.5 Å². The molecule has 1 amide bonds. The van der Waals surface area contributed by atoms with E-state index in [1.165, 1.54) is 12.1 Å². The number of nitrogens with one attached hydrogen (secondary N) is 1. The van der Waals surface area contributed by atoms with Gasteiger partial charge in [-0.1, -0.05) is 26.7 Å². The fraction of sp³-hybridized carbons (Fsp3) is 0.409. The lowest BCUT2D eigenvalue weighted by atomic mass is 10.2. The van der Waals surface area contributed by atoms with Crippen molar-refractivity contribution in [3.05, 3.63) is 54.1 Å². The Kier molecular flexibility index (Phi) is 9.20. The van der Waals surface area contributed by atoms with Gasteiger partial charge in [-0.15, -0.1) is 11.8 Å². The minimum atomic E-state index is -3.56. The van der Waals surface area contributed by atoms with E-state index >= 15 is 0 Å². The molecule has 7 heteroatoms. The zero-order chi connectivity index (χ0) is 21.3. The van der Waals surface area contributed by atoms with Crippen LogP contribution in [-0.4, -0.2) is 38.0 Å². The molecule has 2 rings (SSSR count). The van der Waals surface area contributed by atoms with Crippen LogP contribution in [0.5, 0.6) is 0 Å². The summed E-state index contributed by atoms with van der Waals surface area (Å²) in [6, 6.07) is 13.8. The summed E-state index contributed by atoms with van der Waals surface area (Å²) in [6.45, 7) is 5.14. The highest BCUT2D eigenvalue weighted by Gasteiger charge is 2.23. The van der Waals surface area contributed by atoms with E-state index in [1.54, 1.807) is 28.2 Å². The summed E-state index contributed by atoms with van der Waals surface area (Å²) in [5.74, 6) is -0.264. The highest BCUT2D eigenvalue weighted by molar-refractivity contribution is 7.98. The predicted molar refractivity (Wildman–Crippen MR) is 121 cm³/mol. The average molecular weight is 435 g/mol. The van der Waals surface area contributed by atoms with E-state index in [-0.39, 0.29) is 10.8 Å². The molecule has 0 radical (unpaired) electrons. The van der Waals surface area contributed by atoms with Gasteiger partial charge in [0.15, 0.2) is 0 Å². The van der Waals surface area contributed by atoms with Crippen LogP contribution >= 0.6 is 11.8 Å². The summed E-state index contributed by atoms with van der Waals surface area (Å²) < 4.78 is 27.6. The fourth-order valence-electron chi connectivity index (χ4n) is 2.83. The number of thioether (sulfide) groups is 1. The maximum absolute atomic E-state index is 13.0. The highest BCUT2D eigenvalue weighted by Crippen LogP contribution is 2.20. The SMILES string of the molecule is CCCCN(CCCC)S(=O)(=O)c1ccc(C(=O)Nc2ccc(SC)cc2)cc1. The Labute approximate surface area is 178 Å². The van der Waals surface area contributed by atoms with Crippen molar-refractivity contribution < 1.29 is 13.2 Å². The molecule has 0 aliphatic rings. The molecule has 0 heterocycles. The lowest BCUT2D eigenvalue weighted by molar-refractivity contribution is 0.102. The molecule has 0 spiro atoms. The van der Waals surface area contributed by atoms with Crippen molar-refractivity contribution in [1.29, 1.82) is 0 Å². The lowest BCUT2D eigenvalue weighted by Gasteiger charge is -2.22. The number of anilines is 1. The number of nitrogens with zero attached hydrogens (tertiary/aromatic N) is 1. The highest BCUT2D eigenvalue weighted by atomic mass is 32.2. The maximum Gasteiger partial charge on any atom is 0.255 e. The molecule has 0 saturated carbocycles. The van der Waals surface area contributed by atoms with E-state index in [0.29, 0.717) is 24.3 Å². The monoisotopic (exact) mass is 434 g/mol. The minimum absolute atomic E-state index is 0.227. The normalized spacial score (nSPS) is 11.6. The molecule has 29 heavy (non-hydrogen) atoms. The summed E-state index contributed by atoms with van der Waals surface area (Å²) in [5.41, 5.74) is 1.13. The molecule has 0 fully saturated rings. The molecule has 0 saturated heterocycles. The molecule has 0 aromatic heterocycles. The number of amides is 1. The second kappa shape index (κ2) is 11.4.